The average molecular weight is 339 g/mol. The Kier molecular flexibility index (Phi) is 6.80. The monoisotopic (exact) mass is 339 g/mol. The maximum Gasteiger partial charge on any atom is 0.334 e. The van der Waals surface area contributed by atoms with Crippen molar-refractivity contribution in [1.82, 2.24) is 10.6 Å². The zero-order valence-corrected chi connectivity index (χ0v) is 13.0. The highest BCUT2D eigenvalue weighted by atomic mass is 16.6. The van der Waals surface area contributed by atoms with Crippen LogP contribution in [0.4, 0.5) is 5.69 Å². The van der Waals surface area contributed by atoms with E-state index in [4.69, 9.17) is 5.11 Å². The number of nitrogens with zero attached hydrogens (tertiary/aromatic N) is 1. The molecule has 24 heavy (non-hydrogen) atoms. The number of amides is 2. The van der Waals surface area contributed by atoms with Crippen LogP contribution < -0.4 is 10.6 Å². The Labute approximate surface area is 136 Å². The Morgan fingerprint density at radius 3 is 2.58 bits per heavy atom. The SMILES string of the molecule is COC(CNC(=O)C(C)NC(=O)c1cccc([N+](=O)[O-])c1)C(=O)O. The van der Waals surface area contributed by atoms with Crippen LogP contribution in [0.2, 0.25) is 0 Å². The van der Waals surface area contributed by atoms with Crippen molar-refractivity contribution in [3.8, 4) is 0 Å². The Balaban J connectivity index is 2.63. The first-order valence-corrected chi connectivity index (χ1v) is 6.85. The second kappa shape index (κ2) is 8.58. The van der Waals surface area contributed by atoms with Crippen LogP contribution in [-0.4, -0.2) is 53.6 Å². The van der Waals surface area contributed by atoms with Crippen LogP contribution in [0.3, 0.4) is 0 Å². The number of methoxy groups -OCH3 is 1. The number of nitro groups is 1. The number of rotatable bonds is 8. The largest absolute Gasteiger partial charge is 0.479 e. The number of carbonyl (C=O) groups is 3. The van der Waals surface area contributed by atoms with Crippen LogP contribution in [0.5, 0.6) is 0 Å². The van der Waals surface area contributed by atoms with Gasteiger partial charge in [0.05, 0.1) is 11.5 Å². The van der Waals surface area contributed by atoms with Crippen molar-refractivity contribution in [1.29, 1.82) is 0 Å². The van der Waals surface area contributed by atoms with Crippen LogP contribution in [0.25, 0.3) is 0 Å². The Morgan fingerprint density at radius 2 is 2.04 bits per heavy atom. The molecule has 0 aliphatic carbocycles. The molecular formula is C14H17N3O7. The topological polar surface area (TPSA) is 148 Å². The molecule has 1 aromatic rings. The lowest BCUT2D eigenvalue weighted by molar-refractivity contribution is -0.384. The molecule has 2 atom stereocenters. The summed E-state index contributed by atoms with van der Waals surface area (Å²) < 4.78 is 4.66. The molecule has 10 heteroatoms. The van der Waals surface area contributed by atoms with Gasteiger partial charge < -0.3 is 20.5 Å². The van der Waals surface area contributed by atoms with Gasteiger partial charge in [-0.1, -0.05) is 6.07 Å². The fraction of sp³-hybridized carbons (Fsp3) is 0.357. The highest BCUT2D eigenvalue weighted by Crippen LogP contribution is 2.13. The first kappa shape index (κ1) is 19.0. The molecule has 2 unspecified atom stereocenters. The summed E-state index contributed by atoms with van der Waals surface area (Å²) in [5, 5.41) is 24.2. The van der Waals surface area contributed by atoms with E-state index in [2.05, 4.69) is 15.4 Å². The van der Waals surface area contributed by atoms with Crippen molar-refractivity contribution in [3.05, 3.63) is 39.9 Å². The van der Waals surface area contributed by atoms with E-state index in [1.807, 2.05) is 0 Å². The predicted molar refractivity (Wildman–Crippen MR) is 81.5 cm³/mol. The predicted octanol–water partition coefficient (Wildman–Crippen LogP) is -0.0711. The number of hydrogen-bond donors (Lipinski definition) is 3. The molecule has 0 aromatic heterocycles. The maximum absolute atomic E-state index is 12.0. The van der Waals surface area contributed by atoms with Crippen molar-refractivity contribution >= 4 is 23.5 Å². The van der Waals surface area contributed by atoms with Gasteiger partial charge in [0.15, 0.2) is 6.10 Å². The van der Waals surface area contributed by atoms with Gasteiger partial charge in [-0.3, -0.25) is 19.7 Å². The number of benzene rings is 1. The number of carboxylic acid groups (broad SMARTS) is 1. The molecule has 1 aromatic carbocycles. The molecule has 0 aliphatic rings. The molecule has 0 bridgehead atoms. The molecule has 130 valence electrons. The molecule has 3 N–H and O–H groups in total. The summed E-state index contributed by atoms with van der Waals surface area (Å²) in [4.78, 5) is 44.7. The fourth-order valence-electron chi connectivity index (χ4n) is 1.72. The number of ether oxygens (including phenoxy) is 1. The van der Waals surface area contributed by atoms with E-state index in [0.29, 0.717) is 0 Å². The normalized spacial score (nSPS) is 12.8. The molecule has 0 fully saturated rings. The van der Waals surface area contributed by atoms with E-state index in [1.54, 1.807) is 0 Å². The number of carboxylic acids is 1. The number of non-ortho nitro benzene ring substituents is 1. The number of aliphatic carboxylic acids is 1. The van der Waals surface area contributed by atoms with E-state index in [9.17, 15) is 24.5 Å². The first-order chi connectivity index (χ1) is 11.3. The number of hydrogen-bond acceptors (Lipinski definition) is 6. The minimum Gasteiger partial charge on any atom is -0.479 e. The lowest BCUT2D eigenvalue weighted by Gasteiger charge is -2.16. The molecule has 0 radical (unpaired) electrons. The number of nitrogens with one attached hydrogen (secondary N) is 2. The van der Waals surface area contributed by atoms with Gasteiger partial charge in [-0.05, 0) is 13.0 Å². The number of nitro benzene ring substituents is 1. The molecular weight excluding hydrogens is 322 g/mol. The molecule has 0 saturated carbocycles. The van der Waals surface area contributed by atoms with Crippen LogP contribution >= 0.6 is 0 Å². The van der Waals surface area contributed by atoms with Crippen molar-refractivity contribution < 1.29 is 29.2 Å². The smallest absolute Gasteiger partial charge is 0.334 e. The lowest BCUT2D eigenvalue weighted by atomic mass is 10.1. The summed E-state index contributed by atoms with van der Waals surface area (Å²) in [7, 11) is 1.19. The summed E-state index contributed by atoms with van der Waals surface area (Å²) in [5.74, 6) is -2.51. The Bertz CT molecular complexity index is 647. The molecule has 2 amide bonds. The highest BCUT2D eigenvalue weighted by molar-refractivity contribution is 5.97. The van der Waals surface area contributed by atoms with Gasteiger partial charge in [-0.15, -0.1) is 0 Å². The molecule has 0 heterocycles. The number of carbonyl (C=O) groups excluding carboxylic acids is 2. The summed E-state index contributed by atoms with van der Waals surface area (Å²) >= 11 is 0. The summed E-state index contributed by atoms with van der Waals surface area (Å²) in [6.45, 7) is 1.13. The zero-order chi connectivity index (χ0) is 18.3. The molecule has 0 aliphatic heterocycles. The van der Waals surface area contributed by atoms with Gasteiger partial charge in [-0.25, -0.2) is 4.79 Å². The fourth-order valence-corrected chi connectivity index (χ4v) is 1.72. The minimum atomic E-state index is -1.23. The third-order valence-electron chi connectivity index (χ3n) is 3.08. The average Bonchev–Trinajstić information content (AvgIpc) is 2.54. The summed E-state index contributed by atoms with van der Waals surface area (Å²) in [6.07, 6.45) is -1.20. The van der Waals surface area contributed by atoms with E-state index in [-0.39, 0.29) is 17.8 Å². The minimum absolute atomic E-state index is 0.0316. The molecule has 1 rings (SSSR count). The summed E-state index contributed by atoms with van der Waals surface area (Å²) in [5.41, 5.74) is -0.215. The third kappa shape index (κ3) is 5.32. The van der Waals surface area contributed by atoms with Gasteiger partial charge in [0.2, 0.25) is 5.91 Å². The third-order valence-corrected chi connectivity index (χ3v) is 3.08. The van der Waals surface area contributed by atoms with Gasteiger partial charge in [-0.2, -0.15) is 0 Å². The van der Waals surface area contributed by atoms with Crippen LogP contribution in [0.15, 0.2) is 24.3 Å². The second-order valence-corrected chi connectivity index (χ2v) is 4.81. The first-order valence-electron chi connectivity index (χ1n) is 6.85. The van der Waals surface area contributed by atoms with Crippen molar-refractivity contribution in [2.45, 2.75) is 19.1 Å². The van der Waals surface area contributed by atoms with E-state index >= 15 is 0 Å². The van der Waals surface area contributed by atoms with Crippen LogP contribution in [0.1, 0.15) is 17.3 Å². The Hall–Kier alpha value is -3.01. The van der Waals surface area contributed by atoms with E-state index in [1.165, 1.54) is 32.2 Å². The van der Waals surface area contributed by atoms with Gasteiger partial charge in [0.25, 0.3) is 11.6 Å². The lowest BCUT2D eigenvalue weighted by Crippen LogP contribution is -2.47. The summed E-state index contributed by atoms with van der Waals surface area (Å²) in [6, 6.07) is 4.09. The second-order valence-electron chi connectivity index (χ2n) is 4.81. The standard InChI is InChI=1S/C14H17N3O7/c1-8(12(18)15-7-11(24-2)14(20)21)16-13(19)9-4-3-5-10(6-9)17(22)23/h3-6,8,11H,7H2,1-2H3,(H,15,18)(H,16,19)(H,20,21). The zero-order valence-electron chi connectivity index (χ0n) is 13.0. The van der Waals surface area contributed by atoms with Gasteiger partial charge in [0.1, 0.15) is 6.04 Å². The molecule has 0 spiro atoms. The van der Waals surface area contributed by atoms with Gasteiger partial charge >= 0.3 is 5.97 Å². The molecule has 10 nitrogen and oxygen atoms in total. The van der Waals surface area contributed by atoms with Crippen LogP contribution in [0, 0.1) is 10.1 Å². The van der Waals surface area contributed by atoms with Crippen LogP contribution in [-0.2, 0) is 14.3 Å². The van der Waals surface area contributed by atoms with Crippen molar-refractivity contribution in [2.75, 3.05) is 13.7 Å². The molecule has 0 saturated heterocycles. The van der Waals surface area contributed by atoms with Crippen molar-refractivity contribution in [3.63, 3.8) is 0 Å². The van der Waals surface area contributed by atoms with Crippen molar-refractivity contribution in [2.24, 2.45) is 0 Å². The maximum atomic E-state index is 12.0. The highest BCUT2D eigenvalue weighted by Gasteiger charge is 2.21. The van der Waals surface area contributed by atoms with E-state index < -0.39 is 34.9 Å². The van der Waals surface area contributed by atoms with Gasteiger partial charge in [0, 0.05) is 24.8 Å². The quantitative estimate of drug-likeness (QED) is 0.443. The Morgan fingerprint density at radius 1 is 1.38 bits per heavy atom. The van der Waals surface area contributed by atoms with E-state index in [0.717, 1.165) is 6.07 Å².